The van der Waals surface area contributed by atoms with E-state index in [1.807, 2.05) is 0 Å². The number of fused-ring (bicyclic) bond motifs is 1. The Labute approximate surface area is 145 Å². The van der Waals surface area contributed by atoms with E-state index in [4.69, 9.17) is 0 Å². The van der Waals surface area contributed by atoms with Crippen LogP contribution in [0.25, 0.3) is 28.8 Å². The van der Waals surface area contributed by atoms with Crippen LogP contribution < -0.4 is 11.2 Å². The highest BCUT2D eigenvalue weighted by atomic mass is 19.1. The molecule has 0 aliphatic rings. The number of nitrogens with zero attached hydrogens (tertiary/aromatic N) is 4. The molecule has 0 aliphatic heterocycles. The first kappa shape index (κ1) is 15.8. The van der Waals surface area contributed by atoms with E-state index in [1.54, 1.807) is 29.2 Å². The summed E-state index contributed by atoms with van der Waals surface area (Å²) >= 11 is 0. The first-order chi connectivity index (χ1) is 12.5. The van der Waals surface area contributed by atoms with Gasteiger partial charge in [0, 0.05) is 12.4 Å². The molecular formula is C17H13FN6O2. The quantitative estimate of drug-likeness (QED) is 0.582. The molecule has 0 spiro atoms. The van der Waals surface area contributed by atoms with E-state index in [0.29, 0.717) is 17.9 Å². The number of imidazole rings is 1. The third-order valence-corrected chi connectivity index (χ3v) is 3.90. The average Bonchev–Trinajstić information content (AvgIpc) is 3.22. The van der Waals surface area contributed by atoms with Crippen molar-refractivity contribution in [1.82, 2.24) is 29.3 Å². The minimum absolute atomic E-state index is 0.158. The second-order valence-electron chi connectivity index (χ2n) is 5.65. The topological polar surface area (TPSA) is 101 Å². The number of halogens is 1. The van der Waals surface area contributed by atoms with Crippen molar-refractivity contribution in [3.05, 3.63) is 75.5 Å². The van der Waals surface area contributed by atoms with Gasteiger partial charge in [0.05, 0.1) is 18.3 Å². The molecule has 0 saturated carbocycles. The van der Waals surface area contributed by atoms with Gasteiger partial charge in [-0.3, -0.25) is 14.5 Å². The molecule has 0 saturated heterocycles. The number of hydrogen-bond acceptors (Lipinski definition) is 4. The van der Waals surface area contributed by atoms with Gasteiger partial charge in [-0.25, -0.2) is 18.7 Å². The molecule has 2 N–H and O–H groups in total. The lowest BCUT2D eigenvalue weighted by atomic mass is 10.2. The highest BCUT2D eigenvalue weighted by Gasteiger charge is 2.13. The van der Waals surface area contributed by atoms with Gasteiger partial charge in [-0.2, -0.15) is 5.10 Å². The number of rotatable bonds is 4. The summed E-state index contributed by atoms with van der Waals surface area (Å²) in [5.41, 5.74) is 0.566. The van der Waals surface area contributed by atoms with E-state index in [9.17, 15) is 14.0 Å². The number of nitrogens with one attached hydrogen (secondary N) is 2. The smallest absolute Gasteiger partial charge is 0.332 e. The van der Waals surface area contributed by atoms with Gasteiger partial charge in [-0.05, 0) is 17.7 Å². The third kappa shape index (κ3) is 2.65. The Balaban J connectivity index is 1.71. The van der Waals surface area contributed by atoms with Crippen LogP contribution in [-0.4, -0.2) is 29.3 Å². The van der Waals surface area contributed by atoms with Gasteiger partial charge in [-0.15, -0.1) is 0 Å². The molecular weight excluding hydrogens is 339 g/mol. The molecule has 130 valence electrons. The normalized spacial score (nSPS) is 11.1. The largest absolute Gasteiger partial charge is 0.334 e. The zero-order valence-electron chi connectivity index (χ0n) is 13.4. The van der Waals surface area contributed by atoms with E-state index >= 15 is 0 Å². The summed E-state index contributed by atoms with van der Waals surface area (Å²) in [4.78, 5) is 33.7. The Hall–Kier alpha value is -3.75. The molecule has 0 amide bonds. The van der Waals surface area contributed by atoms with Crippen molar-refractivity contribution in [2.75, 3.05) is 0 Å². The number of benzene rings is 1. The monoisotopic (exact) mass is 352 g/mol. The highest BCUT2D eigenvalue weighted by Crippen LogP contribution is 2.17. The third-order valence-electron chi connectivity index (χ3n) is 3.90. The highest BCUT2D eigenvalue weighted by molar-refractivity contribution is 5.74. The minimum atomic E-state index is -0.614. The van der Waals surface area contributed by atoms with Gasteiger partial charge in [0.1, 0.15) is 11.6 Å². The van der Waals surface area contributed by atoms with E-state index in [0.717, 1.165) is 16.3 Å². The molecule has 3 aromatic heterocycles. The number of aromatic nitrogens is 6. The van der Waals surface area contributed by atoms with Crippen LogP contribution in [0.5, 0.6) is 0 Å². The molecule has 0 unspecified atom stereocenters. The Morgan fingerprint density at radius 1 is 1.27 bits per heavy atom. The van der Waals surface area contributed by atoms with Crippen molar-refractivity contribution >= 4 is 17.4 Å². The number of H-pyrrole nitrogens is 2. The van der Waals surface area contributed by atoms with Crippen LogP contribution in [0, 0.1) is 5.82 Å². The molecule has 1 aromatic carbocycles. The summed E-state index contributed by atoms with van der Waals surface area (Å²) in [5.74, 6) is 0.0784. The molecule has 0 aliphatic carbocycles. The minimum Gasteiger partial charge on any atom is -0.332 e. The Morgan fingerprint density at radius 2 is 2.12 bits per heavy atom. The standard InChI is InChI=1S/C17H13FN6O2/c1-2-24-16(25)13-15(22-17(24)26)21-14(20-13)11-7-19-23(9-11)8-10-4-3-5-12(18)6-10/h2-7,9H,1,8H2,(H,20,21)(H,22,26). The van der Waals surface area contributed by atoms with Crippen molar-refractivity contribution in [2.24, 2.45) is 0 Å². The summed E-state index contributed by atoms with van der Waals surface area (Å²) in [5, 5.41) is 4.22. The van der Waals surface area contributed by atoms with Gasteiger partial charge in [0.2, 0.25) is 0 Å². The second-order valence-corrected chi connectivity index (χ2v) is 5.65. The van der Waals surface area contributed by atoms with E-state index in [2.05, 4.69) is 26.6 Å². The van der Waals surface area contributed by atoms with Gasteiger partial charge in [0.25, 0.3) is 5.56 Å². The zero-order valence-corrected chi connectivity index (χ0v) is 13.4. The molecule has 0 bridgehead atoms. The van der Waals surface area contributed by atoms with Crippen molar-refractivity contribution < 1.29 is 4.39 Å². The molecule has 9 heteroatoms. The summed E-state index contributed by atoms with van der Waals surface area (Å²) in [6.45, 7) is 3.83. The molecule has 0 radical (unpaired) electrons. The maximum Gasteiger partial charge on any atom is 0.334 e. The van der Waals surface area contributed by atoms with E-state index in [-0.39, 0.29) is 17.0 Å². The van der Waals surface area contributed by atoms with Crippen molar-refractivity contribution in [1.29, 1.82) is 0 Å². The molecule has 4 aromatic rings. The number of aromatic amines is 2. The van der Waals surface area contributed by atoms with Crippen LogP contribution in [0.3, 0.4) is 0 Å². The lowest BCUT2D eigenvalue weighted by Gasteiger charge is -2.01. The van der Waals surface area contributed by atoms with Crippen molar-refractivity contribution in [3.63, 3.8) is 0 Å². The van der Waals surface area contributed by atoms with Crippen molar-refractivity contribution in [3.8, 4) is 11.4 Å². The molecule has 4 rings (SSSR count). The number of hydrogen-bond donors (Lipinski definition) is 2. The predicted octanol–water partition coefficient (Wildman–Crippen LogP) is 1.56. The summed E-state index contributed by atoms with van der Waals surface area (Å²) in [6.07, 6.45) is 4.42. The van der Waals surface area contributed by atoms with Crippen LogP contribution in [0.4, 0.5) is 4.39 Å². The Morgan fingerprint density at radius 3 is 2.88 bits per heavy atom. The first-order valence-corrected chi connectivity index (χ1v) is 7.69. The van der Waals surface area contributed by atoms with Crippen LogP contribution in [0.15, 0.2) is 52.8 Å². The molecule has 26 heavy (non-hydrogen) atoms. The lowest BCUT2D eigenvalue weighted by molar-refractivity contribution is 0.619. The Kier molecular flexibility index (Phi) is 3.61. The van der Waals surface area contributed by atoms with Crippen molar-refractivity contribution in [2.45, 2.75) is 6.54 Å². The predicted molar refractivity (Wildman–Crippen MR) is 94.1 cm³/mol. The summed E-state index contributed by atoms with van der Waals surface area (Å²) in [7, 11) is 0. The fraction of sp³-hybridized carbons (Fsp3) is 0.0588. The fourth-order valence-electron chi connectivity index (χ4n) is 2.69. The second kappa shape index (κ2) is 5.96. The van der Waals surface area contributed by atoms with Gasteiger partial charge >= 0.3 is 5.69 Å². The zero-order chi connectivity index (χ0) is 18.3. The molecule has 0 fully saturated rings. The van der Waals surface area contributed by atoms with Crippen LogP contribution >= 0.6 is 0 Å². The maximum absolute atomic E-state index is 13.3. The lowest BCUT2D eigenvalue weighted by Crippen LogP contribution is -2.31. The van der Waals surface area contributed by atoms with Gasteiger partial charge in [0.15, 0.2) is 11.2 Å². The average molecular weight is 352 g/mol. The SMILES string of the molecule is C=Cn1c(=O)[nH]c2nc(-c3cnn(Cc4cccc(F)c4)c3)[nH]c2c1=O. The molecule has 3 heterocycles. The molecule has 0 atom stereocenters. The summed E-state index contributed by atoms with van der Waals surface area (Å²) in [6, 6.07) is 6.25. The summed E-state index contributed by atoms with van der Waals surface area (Å²) < 4.78 is 15.8. The first-order valence-electron chi connectivity index (χ1n) is 7.69. The van der Waals surface area contributed by atoms with Crippen LogP contribution in [0.1, 0.15) is 5.56 Å². The van der Waals surface area contributed by atoms with Crippen LogP contribution in [0.2, 0.25) is 0 Å². The fourth-order valence-corrected chi connectivity index (χ4v) is 2.69. The maximum atomic E-state index is 13.3. The Bertz CT molecular complexity index is 1250. The van der Waals surface area contributed by atoms with E-state index < -0.39 is 11.2 Å². The van der Waals surface area contributed by atoms with E-state index in [1.165, 1.54) is 12.1 Å². The van der Waals surface area contributed by atoms with Crippen LogP contribution in [-0.2, 0) is 6.54 Å². The van der Waals surface area contributed by atoms with Gasteiger partial charge in [-0.1, -0.05) is 18.7 Å². The van der Waals surface area contributed by atoms with Gasteiger partial charge < -0.3 is 4.98 Å². The molecule has 8 nitrogen and oxygen atoms in total.